The van der Waals surface area contributed by atoms with Crippen LogP contribution >= 0.6 is 23.4 Å². The van der Waals surface area contributed by atoms with Crippen LogP contribution in [0.2, 0.25) is 5.02 Å². The van der Waals surface area contributed by atoms with Crippen LogP contribution in [-0.2, 0) is 4.79 Å². The predicted octanol–water partition coefficient (Wildman–Crippen LogP) is 4.94. The number of carbonyl (C=O) groups is 2. The van der Waals surface area contributed by atoms with E-state index in [0.29, 0.717) is 41.5 Å². The molecule has 0 bridgehead atoms. The number of thioether (sulfide) groups is 1. The van der Waals surface area contributed by atoms with Crippen molar-refractivity contribution in [2.45, 2.75) is 25.2 Å². The van der Waals surface area contributed by atoms with Crippen molar-refractivity contribution in [3.8, 4) is 0 Å². The summed E-state index contributed by atoms with van der Waals surface area (Å²) in [6.45, 7) is 5.26. The lowest BCUT2D eigenvalue weighted by Crippen LogP contribution is -2.30. The molecule has 0 aromatic heterocycles. The summed E-state index contributed by atoms with van der Waals surface area (Å²) in [6.07, 6.45) is 0.385. The van der Waals surface area contributed by atoms with Crippen LogP contribution in [0.15, 0.2) is 53.4 Å². The maximum atomic E-state index is 12.3. The molecule has 138 valence electrons. The molecule has 0 fully saturated rings. The molecule has 26 heavy (non-hydrogen) atoms. The van der Waals surface area contributed by atoms with Gasteiger partial charge in [-0.2, -0.15) is 0 Å². The van der Waals surface area contributed by atoms with Crippen molar-refractivity contribution < 1.29 is 9.59 Å². The summed E-state index contributed by atoms with van der Waals surface area (Å²) in [6, 6.07) is 14.6. The molecule has 0 aliphatic rings. The van der Waals surface area contributed by atoms with Crippen LogP contribution in [0.4, 0.5) is 5.69 Å². The molecule has 2 aromatic rings. The fraction of sp³-hybridized carbons (Fsp3) is 0.300. The van der Waals surface area contributed by atoms with E-state index in [0.717, 1.165) is 4.90 Å². The zero-order valence-corrected chi connectivity index (χ0v) is 16.6. The van der Waals surface area contributed by atoms with Crippen LogP contribution in [0.1, 0.15) is 30.6 Å². The molecule has 2 rings (SSSR count). The van der Waals surface area contributed by atoms with E-state index in [9.17, 15) is 9.59 Å². The molecule has 6 heteroatoms. The molecule has 0 saturated heterocycles. The van der Waals surface area contributed by atoms with Gasteiger partial charge in [-0.15, -0.1) is 11.8 Å². The number of anilines is 1. The van der Waals surface area contributed by atoms with Crippen molar-refractivity contribution in [2.75, 3.05) is 24.2 Å². The maximum absolute atomic E-state index is 12.3. The molecule has 0 atom stereocenters. The zero-order chi connectivity index (χ0) is 18.9. The van der Waals surface area contributed by atoms with Gasteiger partial charge in [-0.05, 0) is 50.2 Å². The first-order valence-corrected chi connectivity index (χ1v) is 9.98. The molecule has 0 radical (unpaired) electrons. The summed E-state index contributed by atoms with van der Waals surface area (Å²) in [5, 5.41) is 3.56. The van der Waals surface area contributed by atoms with Gasteiger partial charge in [-0.3, -0.25) is 9.59 Å². The first-order valence-electron chi connectivity index (χ1n) is 8.61. The van der Waals surface area contributed by atoms with Crippen LogP contribution in [0.3, 0.4) is 0 Å². The van der Waals surface area contributed by atoms with Gasteiger partial charge in [-0.25, -0.2) is 0 Å². The molecule has 0 unspecified atom stereocenters. The second-order valence-corrected chi connectivity index (χ2v) is 7.18. The smallest absolute Gasteiger partial charge is 0.253 e. The Morgan fingerprint density at radius 1 is 1.04 bits per heavy atom. The van der Waals surface area contributed by atoms with Crippen LogP contribution < -0.4 is 5.32 Å². The number of halogens is 1. The summed E-state index contributed by atoms with van der Waals surface area (Å²) in [4.78, 5) is 27.1. The number of amides is 2. The average Bonchev–Trinajstić information content (AvgIpc) is 2.65. The molecule has 0 aliphatic carbocycles. The van der Waals surface area contributed by atoms with Crippen LogP contribution in [0.5, 0.6) is 0 Å². The number of benzene rings is 2. The van der Waals surface area contributed by atoms with Gasteiger partial charge in [0.25, 0.3) is 5.91 Å². The molecule has 1 N–H and O–H groups in total. The zero-order valence-electron chi connectivity index (χ0n) is 15.0. The van der Waals surface area contributed by atoms with E-state index >= 15 is 0 Å². The molecule has 0 saturated carbocycles. The standard InChI is InChI=1S/C20H23ClN2O2S/c1-3-23(4-2)20(25)15-9-11-16(12-10-15)22-19(24)13-14-26-18-8-6-5-7-17(18)21/h5-12H,3-4,13-14H2,1-2H3,(H,22,24). The van der Waals surface area contributed by atoms with Gasteiger partial charge in [-0.1, -0.05) is 23.7 Å². The Morgan fingerprint density at radius 3 is 2.31 bits per heavy atom. The number of hydrogen-bond donors (Lipinski definition) is 1. The van der Waals surface area contributed by atoms with Gasteiger partial charge in [0.05, 0.1) is 5.02 Å². The number of nitrogens with zero attached hydrogens (tertiary/aromatic N) is 1. The Morgan fingerprint density at radius 2 is 1.69 bits per heavy atom. The molecule has 0 spiro atoms. The van der Waals surface area contributed by atoms with E-state index < -0.39 is 0 Å². The summed E-state index contributed by atoms with van der Waals surface area (Å²) in [7, 11) is 0. The van der Waals surface area contributed by atoms with Crippen molar-refractivity contribution >= 4 is 40.9 Å². The van der Waals surface area contributed by atoms with Gasteiger partial charge in [0, 0.05) is 41.4 Å². The molecule has 0 heterocycles. The highest BCUT2D eigenvalue weighted by molar-refractivity contribution is 7.99. The highest BCUT2D eigenvalue weighted by Gasteiger charge is 2.12. The summed E-state index contributed by atoms with van der Waals surface area (Å²) in [5.74, 6) is 0.588. The minimum Gasteiger partial charge on any atom is -0.339 e. The number of rotatable bonds is 8. The number of nitrogens with one attached hydrogen (secondary N) is 1. The van der Waals surface area contributed by atoms with Crippen molar-refractivity contribution in [1.29, 1.82) is 0 Å². The van der Waals surface area contributed by atoms with Gasteiger partial charge >= 0.3 is 0 Å². The summed E-state index contributed by atoms with van der Waals surface area (Å²) < 4.78 is 0. The van der Waals surface area contributed by atoms with Gasteiger partial charge < -0.3 is 10.2 Å². The fourth-order valence-electron chi connectivity index (χ4n) is 2.43. The Labute approximate surface area is 163 Å². The molecular formula is C20H23ClN2O2S. The average molecular weight is 391 g/mol. The fourth-order valence-corrected chi connectivity index (χ4v) is 3.62. The highest BCUT2D eigenvalue weighted by atomic mass is 35.5. The van der Waals surface area contributed by atoms with Crippen molar-refractivity contribution in [2.24, 2.45) is 0 Å². The quantitative estimate of drug-likeness (QED) is 0.649. The van der Waals surface area contributed by atoms with E-state index in [1.807, 2.05) is 38.1 Å². The first kappa shape index (κ1) is 20.3. The van der Waals surface area contributed by atoms with Gasteiger partial charge in [0.15, 0.2) is 0 Å². The lowest BCUT2D eigenvalue weighted by Gasteiger charge is -2.18. The Kier molecular flexibility index (Phi) is 8.01. The lowest BCUT2D eigenvalue weighted by molar-refractivity contribution is -0.115. The first-order chi connectivity index (χ1) is 12.5. The maximum Gasteiger partial charge on any atom is 0.253 e. The van der Waals surface area contributed by atoms with E-state index in [2.05, 4.69) is 5.32 Å². The Bertz CT molecular complexity index is 746. The van der Waals surface area contributed by atoms with Gasteiger partial charge in [0.2, 0.25) is 5.91 Å². The largest absolute Gasteiger partial charge is 0.339 e. The number of hydrogen-bond acceptors (Lipinski definition) is 3. The summed E-state index contributed by atoms with van der Waals surface area (Å²) in [5.41, 5.74) is 1.31. The van der Waals surface area contributed by atoms with Crippen LogP contribution in [0.25, 0.3) is 0 Å². The molecule has 4 nitrogen and oxygen atoms in total. The number of carbonyl (C=O) groups excluding carboxylic acids is 2. The highest BCUT2D eigenvalue weighted by Crippen LogP contribution is 2.27. The minimum atomic E-state index is -0.0626. The third-order valence-electron chi connectivity index (χ3n) is 3.89. The second kappa shape index (κ2) is 10.2. The summed E-state index contributed by atoms with van der Waals surface area (Å²) >= 11 is 7.66. The van der Waals surface area contributed by atoms with Crippen LogP contribution in [-0.4, -0.2) is 35.6 Å². The van der Waals surface area contributed by atoms with E-state index in [-0.39, 0.29) is 11.8 Å². The van der Waals surface area contributed by atoms with Crippen molar-refractivity contribution in [3.63, 3.8) is 0 Å². The van der Waals surface area contributed by atoms with Crippen molar-refractivity contribution in [3.05, 3.63) is 59.1 Å². The normalized spacial score (nSPS) is 10.4. The topological polar surface area (TPSA) is 49.4 Å². The van der Waals surface area contributed by atoms with Crippen molar-refractivity contribution in [1.82, 2.24) is 4.90 Å². The van der Waals surface area contributed by atoms with E-state index in [1.54, 1.807) is 40.9 Å². The Hall–Kier alpha value is -1.98. The molecule has 2 aromatic carbocycles. The molecule has 0 aliphatic heterocycles. The third-order valence-corrected chi connectivity index (χ3v) is 5.41. The van der Waals surface area contributed by atoms with Crippen LogP contribution in [0, 0.1) is 0 Å². The Balaban J connectivity index is 1.83. The third kappa shape index (κ3) is 5.78. The SMILES string of the molecule is CCN(CC)C(=O)c1ccc(NC(=O)CCSc2ccccc2Cl)cc1. The molecule has 2 amide bonds. The minimum absolute atomic E-state index is 0.00372. The van der Waals surface area contributed by atoms with E-state index in [1.165, 1.54) is 0 Å². The molecular weight excluding hydrogens is 368 g/mol. The van der Waals surface area contributed by atoms with E-state index in [4.69, 9.17) is 11.6 Å². The second-order valence-electron chi connectivity index (χ2n) is 5.63. The monoisotopic (exact) mass is 390 g/mol. The lowest BCUT2D eigenvalue weighted by atomic mass is 10.1. The predicted molar refractivity (Wildman–Crippen MR) is 109 cm³/mol. The van der Waals surface area contributed by atoms with Gasteiger partial charge in [0.1, 0.15) is 0 Å².